The van der Waals surface area contributed by atoms with Gasteiger partial charge in [-0.15, -0.1) is 0 Å². The number of aliphatic hydroxyl groups is 1. The summed E-state index contributed by atoms with van der Waals surface area (Å²) in [4.78, 5) is 16.4. The molecule has 2 saturated heterocycles. The lowest BCUT2D eigenvalue weighted by atomic mass is 9.64. The van der Waals surface area contributed by atoms with E-state index in [0.717, 1.165) is 61.1 Å². The summed E-state index contributed by atoms with van der Waals surface area (Å²) in [6.07, 6.45) is 13.4. The average molecular weight is 581 g/mol. The molecule has 0 bridgehead atoms. The summed E-state index contributed by atoms with van der Waals surface area (Å²) in [5.74, 6) is 2.30. The highest BCUT2D eigenvalue weighted by Gasteiger charge is 2.47. The Morgan fingerprint density at radius 3 is 2.55 bits per heavy atom. The van der Waals surface area contributed by atoms with Crippen LogP contribution in [0.3, 0.4) is 0 Å². The van der Waals surface area contributed by atoms with E-state index in [1.807, 2.05) is 4.68 Å². The van der Waals surface area contributed by atoms with Crippen molar-refractivity contribution in [2.75, 3.05) is 57.6 Å². The molecule has 1 spiro atoms. The number of unbranched alkanes of at least 4 members (excludes halogenated alkanes) is 1. The zero-order valence-electron chi connectivity index (χ0n) is 25.5. The number of nitrogens with one attached hydrogen (secondary N) is 1. The zero-order valence-corrected chi connectivity index (χ0v) is 25.5. The first-order chi connectivity index (χ1) is 20.5. The number of anilines is 2. The lowest BCUT2D eigenvalue weighted by Gasteiger charge is -2.56. The van der Waals surface area contributed by atoms with Crippen molar-refractivity contribution in [3.05, 3.63) is 29.7 Å². The molecule has 3 aliphatic rings. The number of hydrogen-bond acceptors (Lipinski definition) is 10. The standard InChI is InChI=1S/C29H42N8O2.C2H6O/c1-3-4-11-31-27-26-23(34-28(30)35-27)16-33-37(26)17-24-25(38-2)14-21(15-32-24)20-5-9-29(10-6-20)18-36(19-29)22-7-12-39-13-8-22;1-2-3/h14-16,20,22H,3-13,17-19H2,1-2H3,(H3,30,31,34,35);3H,2H2,1H3. The summed E-state index contributed by atoms with van der Waals surface area (Å²) in [6.45, 7) is 9.78. The van der Waals surface area contributed by atoms with Gasteiger partial charge in [0.15, 0.2) is 5.82 Å². The maximum absolute atomic E-state index is 7.57. The molecule has 11 heteroatoms. The molecule has 2 aliphatic heterocycles. The van der Waals surface area contributed by atoms with Gasteiger partial charge in [0.2, 0.25) is 5.95 Å². The Morgan fingerprint density at radius 1 is 1.12 bits per heavy atom. The summed E-state index contributed by atoms with van der Waals surface area (Å²) in [5, 5.41) is 15.6. The number of ether oxygens (including phenoxy) is 2. The molecule has 0 amide bonds. The number of nitrogens with two attached hydrogens (primary N) is 1. The van der Waals surface area contributed by atoms with E-state index in [-0.39, 0.29) is 12.6 Å². The molecule has 3 aromatic rings. The van der Waals surface area contributed by atoms with Gasteiger partial charge in [0.25, 0.3) is 0 Å². The van der Waals surface area contributed by atoms with Crippen molar-refractivity contribution in [3.8, 4) is 5.75 Å². The number of rotatable bonds is 9. The first kappa shape index (κ1) is 30.4. The fraction of sp³-hybridized carbons (Fsp3) is 0.677. The zero-order chi connectivity index (χ0) is 29.5. The van der Waals surface area contributed by atoms with E-state index >= 15 is 0 Å². The molecule has 3 fully saturated rings. The number of pyridine rings is 1. The Kier molecular flexibility index (Phi) is 10.1. The average Bonchev–Trinajstić information content (AvgIpc) is 3.39. The molecular formula is C31H48N8O3. The third kappa shape index (κ3) is 6.79. The predicted octanol–water partition coefficient (Wildman–Crippen LogP) is 4.21. The summed E-state index contributed by atoms with van der Waals surface area (Å²) >= 11 is 0. The number of nitrogens with zero attached hydrogens (tertiary/aromatic N) is 6. The molecule has 42 heavy (non-hydrogen) atoms. The molecule has 0 unspecified atom stereocenters. The molecule has 11 nitrogen and oxygen atoms in total. The largest absolute Gasteiger partial charge is 0.495 e. The molecule has 5 heterocycles. The third-order valence-corrected chi connectivity index (χ3v) is 9.10. The molecule has 0 atom stereocenters. The molecule has 0 radical (unpaired) electrons. The highest BCUT2D eigenvalue weighted by atomic mass is 16.5. The van der Waals surface area contributed by atoms with Gasteiger partial charge in [0, 0.05) is 51.7 Å². The Bertz CT molecular complexity index is 1290. The van der Waals surface area contributed by atoms with E-state index in [0.29, 0.717) is 23.7 Å². The van der Waals surface area contributed by atoms with Crippen LogP contribution in [0.25, 0.3) is 11.0 Å². The first-order valence-electron chi connectivity index (χ1n) is 15.7. The maximum atomic E-state index is 7.57. The summed E-state index contributed by atoms with van der Waals surface area (Å²) in [7, 11) is 1.72. The van der Waals surface area contributed by atoms with E-state index in [1.54, 1.807) is 20.2 Å². The van der Waals surface area contributed by atoms with Gasteiger partial charge in [0.05, 0.1) is 19.9 Å². The Balaban J connectivity index is 0.00000113. The van der Waals surface area contributed by atoms with Gasteiger partial charge in [0.1, 0.15) is 22.5 Å². The molecule has 3 aromatic heterocycles. The van der Waals surface area contributed by atoms with Gasteiger partial charge in [-0.1, -0.05) is 13.3 Å². The van der Waals surface area contributed by atoms with Crippen LogP contribution in [0.2, 0.25) is 0 Å². The van der Waals surface area contributed by atoms with Gasteiger partial charge in [-0.3, -0.25) is 14.6 Å². The summed E-state index contributed by atoms with van der Waals surface area (Å²) in [6, 6.07) is 2.93. The second kappa shape index (κ2) is 14.0. The Morgan fingerprint density at radius 2 is 1.86 bits per heavy atom. The van der Waals surface area contributed by atoms with Gasteiger partial charge in [-0.05, 0) is 74.8 Å². The molecule has 4 N–H and O–H groups in total. The smallest absolute Gasteiger partial charge is 0.222 e. The number of aliphatic hydroxyl groups excluding tert-OH is 1. The van der Waals surface area contributed by atoms with Crippen molar-refractivity contribution in [3.63, 3.8) is 0 Å². The predicted molar refractivity (Wildman–Crippen MR) is 165 cm³/mol. The summed E-state index contributed by atoms with van der Waals surface area (Å²) in [5.41, 5.74) is 10.2. The van der Waals surface area contributed by atoms with E-state index in [9.17, 15) is 0 Å². The molecule has 230 valence electrons. The fourth-order valence-electron chi connectivity index (χ4n) is 6.80. The van der Waals surface area contributed by atoms with Gasteiger partial charge >= 0.3 is 0 Å². The molecule has 1 saturated carbocycles. The fourth-order valence-corrected chi connectivity index (χ4v) is 6.80. The van der Waals surface area contributed by atoms with E-state index in [4.69, 9.17) is 25.3 Å². The molecular weight excluding hydrogens is 532 g/mol. The lowest BCUT2D eigenvalue weighted by molar-refractivity contribution is -0.0827. The quantitative estimate of drug-likeness (QED) is 0.316. The van der Waals surface area contributed by atoms with Gasteiger partial charge in [-0.25, -0.2) is 4.98 Å². The number of likely N-dealkylation sites (tertiary alicyclic amines) is 1. The van der Waals surface area contributed by atoms with Crippen molar-refractivity contribution in [1.29, 1.82) is 0 Å². The topological polar surface area (TPSA) is 136 Å². The highest BCUT2D eigenvalue weighted by molar-refractivity contribution is 5.86. The Labute approximate surface area is 249 Å². The minimum atomic E-state index is 0.244. The number of nitrogen functional groups attached to an aromatic ring is 1. The van der Waals surface area contributed by atoms with E-state index < -0.39 is 0 Å². The van der Waals surface area contributed by atoms with Crippen molar-refractivity contribution in [2.24, 2.45) is 5.41 Å². The Hall–Kier alpha value is -3.02. The van der Waals surface area contributed by atoms with Crippen LogP contribution in [0.1, 0.15) is 82.4 Å². The minimum Gasteiger partial charge on any atom is -0.495 e. The SMILES string of the molecule is CCCCNc1nc(N)nc2cnn(Cc3ncc(C4CCC5(CC4)CN(C4CCOCC4)C5)cc3OC)c12.CCO. The van der Waals surface area contributed by atoms with Crippen LogP contribution >= 0.6 is 0 Å². The number of fused-ring (bicyclic) bond motifs is 1. The van der Waals surface area contributed by atoms with Crippen LogP contribution in [0.4, 0.5) is 11.8 Å². The van der Waals surface area contributed by atoms with E-state index in [1.165, 1.54) is 57.2 Å². The van der Waals surface area contributed by atoms with Crippen LogP contribution in [0.15, 0.2) is 18.5 Å². The minimum absolute atomic E-state index is 0.244. The van der Waals surface area contributed by atoms with Gasteiger partial charge < -0.3 is 25.6 Å². The number of hydrogen-bond donors (Lipinski definition) is 3. The third-order valence-electron chi connectivity index (χ3n) is 9.10. The van der Waals surface area contributed by atoms with Crippen molar-refractivity contribution in [2.45, 2.75) is 83.7 Å². The van der Waals surface area contributed by atoms with Crippen molar-refractivity contribution < 1.29 is 14.6 Å². The van der Waals surface area contributed by atoms with Crippen molar-refractivity contribution >= 4 is 22.8 Å². The van der Waals surface area contributed by atoms with Gasteiger partial charge in [-0.2, -0.15) is 10.1 Å². The summed E-state index contributed by atoms with van der Waals surface area (Å²) < 4.78 is 13.3. The monoisotopic (exact) mass is 580 g/mol. The van der Waals surface area contributed by atoms with Crippen molar-refractivity contribution in [1.82, 2.24) is 29.6 Å². The normalized spacial score (nSPS) is 19.3. The first-order valence-corrected chi connectivity index (χ1v) is 15.7. The maximum Gasteiger partial charge on any atom is 0.222 e. The van der Waals surface area contributed by atoms with Crippen LogP contribution in [0, 0.1) is 5.41 Å². The van der Waals surface area contributed by atoms with Crippen LogP contribution in [-0.4, -0.2) is 87.3 Å². The second-order valence-corrected chi connectivity index (χ2v) is 12.0. The van der Waals surface area contributed by atoms with Crippen LogP contribution < -0.4 is 15.8 Å². The van der Waals surface area contributed by atoms with Crippen LogP contribution in [0.5, 0.6) is 5.75 Å². The highest BCUT2D eigenvalue weighted by Crippen LogP contribution is 2.49. The number of aromatic nitrogens is 5. The van der Waals surface area contributed by atoms with Crippen LogP contribution in [-0.2, 0) is 11.3 Å². The number of methoxy groups -OCH3 is 1. The second-order valence-electron chi connectivity index (χ2n) is 12.0. The lowest BCUT2D eigenvalue weighted by Crippen LogP contribution is -2.61. The molecule has 1 aliphatic carbocycles. The van der Waals surface area contributed by atoms with E-state index in [2.05, 4.69) is 44.5 Å². The molecule has 6 rings (SSSR count). The molecule has 0 aromatic carbocycles.